The zero-order valence-corrected chi connectivity index (χ0v) is 11.5. The van der Waals surface area contributed by atoms with Gasteiger partial charge in [0.25, 0.3) is 5.69 Å². The van der Waals surface area contributed by atoms with E-state index in [1.807, 2.05) is 6.92 Å². The molecular formula is C11H15BrN2O3. The van der Waals surface area contributed by atoms with Crippen molar-refractivity contribution in [2.45, 2.75) is 32.4 Å². The average molecular weight is 303 g/mol. The molecule has 94 valence electrons. The first-order valence-corrected chi connectivity index (χ1v) is 5.94. The fourth-order valence-corrected chi connectivity index (χ4v) is 1.69. The molecule has 5 nitrogen and oxygen atoms in total. The van der Waals surface area contributed by atoms with Gasteiger partial charge >= 0.3 is 0 Å². The van der Waals surface area contributed by atoms with Crippen LogP contribution in [0, 0.1) is 10.1 Å². The van der Waals surface area contributed by atoms with Gasteiger partial charge in [-0.3, -0.25) is 10.1 Å². The van der Waals surface area contributed by atoms with Gasteiger partial charge in [0.2, 0.25) is 0 Å². The highest BCUT2D eigenvalue weighted by atomic mass is 79.9. The fourth-order valence-electron chi connectivity index (χ4n) is 1.17. The zero-order valence-electron chi connectivity index (χ0n) is 9.90. The standard InChI is InChI=1S/C11H15BrN2O3/c1-7(11(2,3)15)13-8-4-5-10(14(16)17)9(12)6-8/h4-7,13,15H,1-3H3. The molecule has 1 atom stereocenters. The maximum atomic E-state index is 10.6. The lowest BCUT2D eigenvalue weighted by Crippen LogP contribution is -2.39. The molecule has 6 heteroatoms. The normalized spacial score (nSPS) is 13.2. The Morgan fingerprint density at radius 1 is 1.53 bits per heavy atom. The summed E-state index contributed by atoms with van der Waals surface area (Å²) >= 11 is 3.14. The van der Waals surface area contributed by atoms with Crippen molar-refractivity contribution in [2.24, 2.45) is 0 Å². The average Bonchev–Trinajstić information content (AvgIpc) is 2.15. The molecule has 1 unspecified atom stereocenters. The Kier molecular flexibility index (Phi) is 4.11. The van der Waals surface area contributed by atoms with E-state index in [9.17, 15) is 15.2 Å². The number of hydrogen-bond acceptors (Lipinski definition) is 4. The Bertz CT molecular complexity index is 429. The quantitative estimate of drug-likeness (QED) is 0.662. The van der Waals surface area contributed by atoms with Gasteiger partial charge in [-0.1, -0.05) is 0 Å². The number of nitro groups is 1. The molecule has 1 rings (SSSR count). The second-order valence-corrected chi connectivity index (χ2v) is 5.30. The van der Waals surface area contributed by atoms with Crippen molar-refractivity contribution in [3.8, 4) is 0 Å². The van der Waals surface area contributed by atoms with Gasteiger partial charge in [-0.2, -0.15) is 0 Å². The van der Waals surface area contributed by atoms with Gasteiger partial charge in [0.1, 0.15) is 0 Å². The summed E-state index contributed by atoms with van der Waals surface area (Å²) < 4.78 is 0.412. The molecule has 2 N–H and O–H groups in total. The summed E-state index contributed by atoms with van der Waals surface area (Å²) in [5.74, 6) is 0. The third-order valence-electron chi connectivity index (χ3n) is 2.59. The van der Waals surface area contributed by atoms with E-state index >= 15 is 0 Å². The Morgan fingerprint density at radius 2 is 2.12 bits per heavy atom. The predicted molar refractivity (Wildman–Crippen MR) is 70.2 cm³/mol. The van der Waals surface area contributed by atoms with Crippen LogP contribution in [0.1, 0.15) is 20.8 Å². The van der Waals surface area contributed by atoms with Gasteiger partial charge in [0, 0.05) is 11.8 Å². The van der Waals surface area contributed by atoms with Crippen LogP contribution in [-0.2, 0) is 0 Å². The molecule has 0 heterocycles. The molecule has 0 aromatic heterocycles. The van der Waals surface area contributed by atoms with Gasteiger partial charge < -0.3 is 10.4 Å². The SMILES string of the molecule is CC(Nc1ccc([N+](=O)[O-])c(Br)c1)C(C)(C)O. The predicted octanol–water partition coefficient (Wildman–Crippen LogP) is 2.93. The Labute approximate surface area is 108 Å². The van der Waals surface area contributed by atoms with Gasteiger partial charge in [0.15, 0.2) is 0 Å². The van der Waals surface area contributed by atoms with E-state index in [-0.39, 0.29) is 11.7 Å². The topological polar surface area (TPSA) is 75.4 Å². The highest BCUT2D eigenvalue weighted by molar-refractivity contribution is 9.10. The molecule has 0 amide bonds. The summed E-state index contributed by atoms with van der Waals surface area (Å²) in [7, 11) is 0. The molecule has 0 fully saturated rings. The Hall–Kier alpha value is -1.14. The maximum absolute atomic E-state index is 10.6. The van der Waals surface area contributed by atoms with E-state index in [1.54, 1.807) is 26.0 Å². The summed E-state index contributed by atoms with van der Waals surface area (Å²) in [6, 6.07) is 4.49. The van der Waals surface area contributed by atoms with Gasteiger partial charge in [-0.15, -0.1) is 0 Å². The van der Waals surface area contributed by atoms with Crippen LogP contribution < -0.4 is 5.32 Å². The van der Waals surface area contributed by atoms with Crippen LogP contribution in [0.4, 0.5) is 11.4 Å². The first-order valence-electron chi connectivity index (χ1n) is 5.14. The minimum atomic E-state index is -0.867. The van der Waals surface area contributed by atoms with Crippen LogP contribution in [0.5, 0.6) is 0 Å². The number of nitrogens with one attached hydrogen (secondary N) is 1. The first-order chi connectivity index (χ1) is 7.71. The lowest BCUT2D eigenvalue weighted by Gasteiger charge is -2.27. The van der Waals surface area contributed by atoms with Crippen molar-refractivity contribution in [2.75, 3.05) is 5.32 Å². The largest absolute Gasteiger partial charge is 0.388 e. The molecule has 0 aliphatic heterocycles. The van der Waals surface area contributed by atoms with Crippen LogP contribution in [0.15, 0.2) is 22.7 Å². The molecule has 17 heavy (non-hydrogen) atoms. The fraction of sp³-hybridized carbons (Fsp3) is 0.455. The molecular weight excluding hydrogens is 288 g/mol. The zero-order chi connectivity index (χ0) is 13.2. The Morgan fingerprint density at radius 3 is 2.53 bits per heavy atom. The molecule has 0 aliphatic rings. The van der Waals surface area contributed by atoms with E-state index in [0.717, 1.165) is 5.69 Å². The molecule has 0 bridgehead atoms. The number of nitrogens with zero attached hydrogens (tertiary/aromatic N) is 1. The molecule has 0 saturated carbocycles. The number of anilines is 1. The van der Waals surface area contributed by atoms with Crippen molar-refractivity contribution in [3.05, 3.63) is 32.8 Å². The smallest absolute Gasteiger partial charge is 0.283 e. The van der Waals surface area contributed by atoms with Gasteiger partial charge in [-0.05, 0) is 48.8 Å². The number of halogens is 1. The van der Waals surface area contributed by atoms with Crippen molar-refractivity contribution in [1.29, 1.82) is 0 Å². The summed E-state index contributed by atoms with van der Waals surface area (Å²) in [4.78, 5) is 10.2. The van der Waals surface area contributed by atoms with Crippen molar-refractivity contribution in [3.63, 3.8) is 0 Å². The molecule has 0 saturated heterocycles. The van der Waals surface area contributed by atoms with Crippen LogP contribution in [0.3, 0.4) is 0 Å². The number of benzene rings is 1. The third kappa shape index (κ3) is 3.67. The minimum Gasteiger partial charge on any atom is -0.388 e. The van der Waals surface area contributed by atoms with Crippen molar-refractivity contribution in [1.82, 2.24) is 0 Å². The molecule has 1 aromatic rings. The molecule has 0 radical (unpaired) electrons. The van der Waals surface area contributed by atoms with E-state index in [4.69, 9.17) is 0 Å². The Balaban J connectivity index is 2.88. The van der Waals surface area contributed by atoms with E-state index < -0.39 is 10.5 Å². The number of aliphatic hydroxyl groups is 1. The third-order valence-corrected chi connectivity index (χ3v) is 3.22. The molecule has 0 spiro atoms. The van der Waals surface area contributed by atoms with Crippen LogP contribution in [0.25, 0.3) is 0 Å². The lowest BCUT2D eigenvalue weighted by atomic mass is 10.0. The summed E-state index contributed by atoms with van der Waals surface area (Å²) in [6.45, 7) is 5.24. The minimum absolute atomic E-state index is 0.0199. The van der Waals surface area contributed by atoms with Crippen molar-refractivity contribution < 1.29 is 10.0 Å². The van der Waals surface area contributed by atoms with E-state index in [1.165, 1.54) is 6.07 Å². The highest BCUT2D eigenvalue weighted by Crippen LogP contribution is 2.28. The van der Waals surface area contributed by atoms with Crippen LogP contribution in [0.2, 0.25) is 0 Å². The van der Waals surface area contributed by atoms with E-state index in [0.29, 0.717) is 4.47 Å². The van der Waals surface area contributed by atoms with E-state index in [2.05, 4.69) is 21.2 Å². The second kappa shape index (κ2) is 5.01. The summed E-state index contributed by atoms with van der Waals surface area (Å²) in [5.41, 5.74) is -0.127. The highest BCUT2D eigenvalue weighted by Gasteiger charge is 2.22. The van der Waals surface area contributed by atoms with Crippen LogP contribution in [-0.4, -0.2) is 21.7 Å². The number of rotatable bonds is 4. The number of hydrogen-bond donors (Lipinski definition) is 2. The number of nitro benzene ring substituents is 1. The summed E-state index contributed by atoms with van der Waals surface area (Å²) in [5, 5.41) is 23.5. The summed E-state index contributed by atoms with van der Waals surface area (Å²) in [6.07, 6.45) is 0. The van der Waals surface area contributed by atoms with Crippen molar-refractivity contribution >= 4 is 27.3 Å². The molecule has 0 aliphatic carbocycles. The molecule has 1 aromatic carbocycles. The maximum Gasteiger partial charge on any atom is 0.283 e. The monoisotopic (exact) mass is 302 g/mol. The second-order valence-electron chi connectivity index (χ2n) is 4.44. The lowest BCUT2D eigenvalue weighted by molar-refractivity contribution is -0.385. The van der Waals surface area contributed by atoms with Gasteiger partial charge in [0.05, 0.1) is 21.0 Å². The van der Waals surface area contributed by atoms with Crippen LogP contribution >= 0.6 is 15.9 Å². The van der Waals surface area contributed by atoms with Gasteiger partial charge in [-0.25, -0.2) is 0 Å². The first kappa shape index (κ1) is 13.9.